The van der Waals surface area contributed by atoms with Crippen LogP contribution in [0.2, 0.25) is 5.02 Å². The summed E-state index contributed by atoms with van der Waals surface area (Å²) in [5.74, 6) is 2.00. The lowest BCUT2D eigenvalue weighted by atomic mass is 10.2. The van der Waals surface area contributed by atoms with Crippen LogP contribution in [-0.2, 0) is 12.2 Å². The molecule has 0 aliphatic carbocycles. The van der Waals surface area contributed by atoms with Gasteiger partial charge in [0.15, 0.2) is 0 Å². The molecular formula is C14H12ClNO2S2. The van der Waals surface area contributed by atoms with Crippen molar-refractivity contribution in [3.63, 3.8) is 0 Å². The first-order valence-electron chi connectivity index (χ1n) is 6.12. The predicted octanol–water partition coefficient (Wildman–Crippen LogP) is 4.15. The molecule has 0 radical (unpaired) electrons. The fourth-order valence-corrected chi connectivity index (χ4v) is 4.48. The molecule has 0 atom stereocenters. The number of amides is 1. The zero-order valence-electron chi connectivity index (χ0n) is 10.5. The van der Waals surface area contributed by atoms with Gasteiger partial charge in [0.1, 0.15) is 5.75 Å². The van der Waals surface area contributed by atoms with Crippen LogP contribution in [0.3, 0.4) is 0 Å². The fraction of sp³-hybridized carbons (Fsp3) is 0.214. The minimum Gasteiger partial charge on any atom is -0.506 e. The first-order chi connectivity index (χ1) is 9.63. The molecule has 0 unspecified atom stereocenters. The van der Waals surface area contributed by atoms with Gasteiger partial charge in [-0.1, -0.05) is 11.6 Å². The number of carbonyl (C=O) groups is 1. The van der Waals surface area contributed by atoms with E-state index in [2.05, 4.69) is 5.32 Å². The minimum atomic E-state index is -0.129. The Hall–Kier alpha value is -1.17. The van der Waals surface area contributed by atoms with E-state index in [1.54, 1.807) is 17.4 Å². The maximum atomic E-state index is 12.2. The van der Waals surface area contributed by atoms with E-state index in [0.29, 0.717) is 5.69 Å². The fourth-order valence-electron chi connectivity index (χ4n) is 2.04. The molecule has 3 nitrogen and oxygen atoms in total. The van der Waals surface area contributed by atoms with E-state index >= 15 is 0 Å². The highest BCUT2D eigenvalue weighted by atomic mass is 35.5. The molecule has 6 heteroatoms. The summed E-state index contributed by atoms with van der Waals surface area (Å²) in [6, 6.07) is 6.61. The number of hydrogen-bond acceptors (Lipinski definition) is 4. The number of carbonyl (C=O) groups excluding carboxylic acids is 1. The highest BCUT2D eigenvalue weighted by Crippen LogP contribution is 2.32. The number of hydrogen-bond donors (Lipinski definition) is 2. The lowest BCUT2D eigenvalue weighted by molar-refractivity contribution is 0.103. The molecule has 1 aliphatic rings. The van der Waals surface area contributed by atoms with Crippen LogP contribution in [0.15, 0.2) is 24.3 Å². The maximum Gasteiger partial charge on any atom is 0.265 e. The molecule has 0 fully saturated rings. The highest BCUT2D eigenvalue weighted by molar-refractivity contribution is 7.98. The normalized spacial score (nSPS) is 13.8. The van der Waals surface area contributed by atoms with Crippen LogP contribution in [-0.4, -0.2) is 16.8 Å². The van der Waals surface area contributed by atoms with E-state index in [1.165, 1.54) is 22.6 Å². The number of thiophene rings is 1. The van der Waals surface area contributed by atoms with Gasteiger partial charge in [0.25, 0.3) is 5.91 Å². The summed E-state index contributed by atoms with van der Waals surface area (Å²) in [5.41, 5.74) is 1.86. The summed E-state index contributed by atoms with van der Waals surface area (Å²) in [5, 5.41) is 12.4. The number of rotatable bonds is 2. The molecule has 1 amide bonds. The zero-order valence-corrected chi connectivity index (χ0v) is 12.9. The van der Waals surface area contributed by atoms with Gasteiger partial charge in [-0.25, -0.2) is 0 Å². The third kappa shape index (κ3) is 2.80. The van der Waals surface area contributed by atoms with Crippen molar-refractivity contribution in [1.82, 2.24) is 0 Å². The van der Waals surface area contributed by atoms with Crippen LogP contribution in [0.4, 0.5) is 5.69 Å². The Balaban J connectivity index is 1.78. The Morgan fingerprint density at radius 2 is 2.20 bits per heavy atom. The Bertz CT molecular complexity index is 646. The molecule has 0 saturated carbocycles. The Kier molecular flexibility index (Phi) is 3.92. The Morgan fingerprint density at radius 1 is 1.35 bits per heavy atom. The molecule has 1 aliphatic heterocycles. The lowest BCUT2D eigenvalue weighted by Crippen LogP contribution is -2.09. The quantitative estimate of drug-likeness (QED) is 0.815. The molecule has 1 aromatic carbocycles. The van der Waals surface area contributed by atoms with Crippen LogP contribution in [0.25, 0.3) is 0 Å². The van der Waals surface area contributed by atoms with Crippen molar-refractivity contribution in [2.45, 2.75) is 12.2 Å². The number of thioether (sulfide) groups is 1. The molecule has 104 valence electrons. The maximum absolute atomic E-state index is 12.2. The molecule has 2 heterocycles. The molecule has 0 saturated heterocycles. The van der Waals surface area contributed by atoms with Crippen LogP contribution in [0.5, 0.6) is 5.75 Å². The summed E-state index contributed by atoms with van der Waals surface area (Å²) in [4.78, 5) is 14.3. The number of phenols is 1. The number of halogens is 1. The van der Waals surface area contributed by atoms with Gasteiger partial charge in [0, 0.05) is 16.3 Å². The monoisotopic (exact) mass is 325 g/mol. The predicted molar refractivity (Wildman–Crippen MR) is 85.3 cm³/mol. The van der Waals surface area contributed by atoms with Gasteiger partial charge in [0.05, 0.1) is 9.90 Å². The molecule has 20 heavy (non-hydrogen) atoms. The second-order valence-electron chi connectivity index (χ2n) is 4.48. The average Bonchev–Trinajstić information content (AvgIpc) is 2.87. The molecular weight excluding hydrogens is 314 g/mol. The van der Waals surface area contributed by atoms with E-state index in [9.17, 15) is 9.90 Å². The largest absolute Gasteiger partial charge is 0.506 e. The summed E-state index contributed by atoms with van der Waals surface area (Å²) in [6.45, 7) is 0. The van der Waals surface area contributed by atoms with E-state index < -0.39 is 0 Å². The summed E-state index contributed by atoms with van der Waals surface area (Å²) >= 11 is 9.29. The number of aryl methyl sites for hydroxylation is 1. The Labute approximate surface area is 130 Å². The summed E-state index contributed by atoms with van der Waals surface area (Å²) in [7, 11) is 0. The van der Waals surface area contributed by atoms with Crippen molar-refractivity contribution >= 4 is 46.3 Å². The SMILES string of the molecule is O=C(Nc1ccc(O)c(Cl)c1)c1cc2c(s1)CCSC2. The van der Waals surface area contributed by atoms with Crippen LogP contribution in [0.1, 0.15) is 20.1 Å². The third-order valence-electron chi connectivity index (χ3n) is 3.06. The Morgan fingerprint density at radius 3 is 2.95 bits per heavy atom. The van der Waals surface area contributed by atoms with Crippen molar-refractivity contribution in [2.24, 2.45) is 0 Å². The summed E-state index contributed by atoms with van der Waals surface area (Å²) < 4.78 is 0. The molecule has 1 aromatic heterocycles. The number of fused-ring (bicyclic) bond motifs is 1. The van der Waals surface area contributed by atoms with Crippen LogP contribution < -0.4 is 5.32 Å². The first-order valence-corrected chi connectivity index (χ1v) is 8.47. The molecule has 0 spiro atoms. The number of anilines is 1. The van der Waals surface area contributed by atoms with Crippen molar-refractivity contribution in [2.75, 3.05) is 11.1 Å². The van der Waals surface area contributed by atoms with Crippen molar-refractivity contribution in [3.8, 4) is 5.75 Å². The molecule has 3 rings (SSSR count). The first kappa shape index (κ1) is 13.8. The van der Waals surface area contributed by atoms with E-state index in [4.69, 9.17) is 11.6 Å². The van der Waals surface area contributed by atoms with Gasteiger partial charge in [-0.2, -0.15) is 11.8 Å². The summed E-state index contributed by atoms with van der Waals surface area (Å²) in [6.07, 6.45) is 1.04. The highest BCUT2D eigenvalue weighted by Gasteiger charge is 2.17. The zero-order chi connectivity index (χ0) is 14.1. The smallest absolute Gasteiger partial charge is 0.265 e. The van der Waals surface area contributed by atoms with Gasteiger partial charge < -0.3 is 10.4 Å². The van der Waals surface area contributed by atoms with Crippen LogP contribution >= 0.6 is 34.7 Å². The topological polar surface area (TPSA) is 49.3 Å². The number of phenolic OH excluding ortho intramolecular Hbond substituents is 1. The number of nitrogens with one attached hydrogen (secondary N) is 1. The molecule has 2 N–H and O–H groups in total. The second kappa shape index (κ2) is 5.68. The molecule has 0 bridgehead atoms. The van der Waals surface area contributed by atoms with Crippen molar-refractivity contribution in [1.29, 1.82) is 0 Å². The third-order valence-corrected chi connectivity index (χ3v) is 5.60. The van der Waals surface area contributed by atoms with Crippen molar-refractivity contribution in [3.05, 3.63) is 44.6 Å². The van der Waals surface area contributed by atoms with E-state index in [1.807, 2.05) is 17.8 Å². The van der Waals surface area contributed by atoms with Gasteiger partial charge >= 0.3 is 0 Å². The average molecular weight is 326 g/mol. The number of benzene rings is 1. The molecule has 2 aromatic rings. The standard InChI is InChI=1S/C14H12ClNO2S2/c15-10-6-9(1-2-11(10)17)16-14(18)13-5-8-7-19-4-3-12(8)20-13/h1-2,5-6,17H,3-4,7H2,(H,16,18). The van der Waals surface area contributed by atoms with Gasteiger partial charge in [-0.05, 0) is 42.0 Å². The van der Waals surface area contributed by atoms with Crippen LogP contribution in [0, 0.1) is 0 Å². The van der Waals surface area contributed by atoms with E-state index in [-0.39, 0.29) is 16.7 Å². The van der Waals surface area contributed by atoms with Gasteiger partial charge in [0.2, 0.25) is 0 Å². The van der Waals surface area contributed by atoms with Gasteiger partial charge in [-0.3, -0.25) is 4.79 Å². The van der Waals surface area contributed by atoms with Gasteiger partial charge in [-0.15, -0.1) is 11.3 Å². The van der Waals surface area contributed by atoms with Crippen molar-refractivity contribution < 1.29 is 9.90 Å². The lowest BCUT2D eigenvalue weighted by Gasteiger charge is -2.08. The second-order valence-corrected chi connectivity index (χ2v) is 7.13. The van der Waals surface area contributed by atoms with E-state index in [0.717, 1.165) is 22.8 Å². The minimum absolute atomic E-state index is 0.00766. The number of aromatic hydroxyl groups is 1.